The summed E-state index contributed by atoms with van der Waals surface area (Å²) in [6.07, 6.45) is 15.4. The first-order valence-electron chi connectivity index (χ1n) is 9.32. The molecule has 3 heteroatoms. The van der Waals surface area contributed by atoms with E-state index < -0.39 is 5.97 Å². The molecule has 0 fully saturated rings. The first-order chi connectivity index (χ1) is 10.6. The van der Waals surface area contributed by atoms with Gasteiger partial charge in [0.2, 0.25) is 0 Å². The Bertz CT molecular complexity index is 286. The second-order valence-corrected chi connectivity index (χ2v) is 6.60. The number of ketones is 1. The maximum atomic E-state index is 11.7. The van der Waals surface area contributed by atoms with Crippen LogP contribution in [0.15, 0.2) is 0 Å². The fourth-order valence-corrected chi connectivity index (χ4v) is 2.66. The lowest BCUT2D eigenvalue weighted by molar-refractivity contribution is -0.141. The predicted octanol–water partition coefficient (Wildman–Crippen LogP) is 5.76. The van der Waals surface area contributed by atoms with Crippen molar-refractivity contribution in [3.05, 3.63) is 0 Å². The van der Waals surface area contributed by atoms with Crippen LogP contribution in [0.4, 0.5) is 0 Å². The molecule has 0 spiro atoms. The van der Waals surface area contributed by atoms with Gasteiger partial charge in [-0.05, 0) is 19.3 Å². The van der Waals surface area contributed by atoms with Crippen molar-refractivity contribution in [1.82, 2.24) is 0 Å². The fraction of sp³-hybridized carbons (Fsp3) is 0.895. The van der Waals surface area contributed by atoms with Gasteiger partial charge in [0.25, 0.3) is 0 Å². The molecule has 0 heterocycles. The Balaban J connectivity index is 3.27. The molecule has 0 amide bonds. The molecule has 1 unspecified atom stereocenters. The zero-order valence-electron chi connectivity index (χ0n) is 14.7. The Morgan fingerprint density at radius 3 is 1.73 bits per heavy atom. The smallest absolute Gasteiger partial charge is 0.306 e. The summed E-state index contributed by atoms with van der Waals surface area (Å²) in [4.78, 5) is 22.3. The number of Topliss-reactive ketones (excluding diaryl/α,β-unsaturated/α-hetero) is 1. The number of aliphatic carboxylic acids is 1. The van der Waals surface area contributed by atoms with Crippen LogP contribution < -0.4 is 0 Å². The number of carboxylic acid groups (broad SMARTS) is 1. The molecule has 1 N–H and O–H groups in total. The molecule has 0 saturated carbocycles. The second kappa shape index (κ2) is 15.1. The fourth-order valence-electron chi connectivity index (χ4n) is 2.66. The summed E-state index contributed by atoms with van der Waals surface area (Å²) in [7, 11) is 0. The Hall–Kier alpha value is -0.860. The summed E-state index contributed by atoms with van der Waals surface area (Å²) >= 11 is 0. The summed E-state index contributed by atoms with van der Waals surface area (Å²) in [5.41, 5.74) is 0. The van der Waals surface area contributed by atoms with E-state index in [2.05, 4.69) is 6.92 Å². The highest BCUT2D eigenvalue weighted by molar-refractivity contribution is 5.78. The van der Waals surface area contributed by atoms with Gasteiger partial charge in [0.05, 0.1) is 5.92 Å². The van der Waals surface area contributed by atoms with Crippen LogP contribution >= 0.6 is 0 Å². The highest BCUT2D eigenvalue weighted by Crippen LogP contribution is 2.13. The first-order valence-corrected chi connectivity index (χ1v) is 9.32. The van der Waals surface area contributed by atoms with E-state index in [1.54, 1.807) is 6.92 Å². The van der Waals surface area contributed by atoms with Gasteiger partial charge in [-0.3, -0.25) is 9.59 Å². The summed E-state index contributed by atoms with van der Waals surface area (Å²) in [6.45, 7) is 3.95. The summed E-state index contributed by atoms with van der Waals surface area (Å²) in [5.74, 6) is -0.788. The van der Waals surface area contributed by atoms with Crippen LogP contribution in [-0.2, 0) is 9.59 Å². The van der Waals surface area contributed by atoms with E-state index in [0.29, 0.717) is 31.5 Å². The molecule has 130 valence electrons. The minimum atomic E-state index is -0.762. The standard InChI is InChI=1S/C19H36O3/c1-3-4-5-6-7-8-9-10-11-12-15-18(20)16-13-14-17(2)19(21)22/h17H,3-16H2,1-2H3,(H,21,22). The van der Waals surface area contributed by atoms with Crippen molar-refractivity contribution in [2.45, 2.75) is 104 Å². The average Bonchev–Trinajstić information content (AvgIpc) is 2.49. The molecule has 0 bridgehead atoms. The summed E-state index contributed by atoms with van der Waals surface area (Å²) < 4.78 is 0. The predicted molar refractivity (Wildman–Crippen MR) is 92.1 cm³/mol. The molecule has 0 saturated heterocycles. The third-order valence-electron chi connectivity index (χ3n) is 4.32. The zero-order valence-corrected chi connectivity index (χ0v) is 14.7. The van der Waals surface area contributed by atoms with Crippen LogP contribution in [-0.4, -0.2) is 16.9 Å². The van der Waals surface area contributed by atoms with E-state index in [1.165, 1.54) is 51.4 Å². The Kier molecular flexibility index (Phi) is 14.5. The number of rotatable bonds is 16. The largest absolute Gasteiger partial charge is 0.481 e. The van der Waals surface area contributed by atoms with Crippen molar-refractivity contribution in [3.63, 3.8) is 0 Å². The topological polar surface area (TPSA) is 54.4 Å². The maximum Gasteiger partial charge on any atom is 0.306 e. The number of carbonyl (C=O) groups is 2. The third kappa shape index (κ3) is 14.1. The lowest BCUT2D eigenvalue weighted by Crippen LogP contribution is -2.09. The quantitative estimate of drug-likeness (QED) is 0.369. The van der Waals surface area contributed by atoms with Gasteiger partial charge >= 0.3 is 5.97 Å². The van der Waals surface area contributed by atoms with Gasteiger partial charge in [0.15, 0.2) is 0 Å². The Labute approximate surface area is 136 Å². The molecular formula is C19H36O3. The first kappa shape index (κ1) is 21.1. The normalized spacial score (nSPS) is 12.3. The maximum absolute atomic E-state index is 11.7. The number of hydrogen-bond acceptors (Lipinski definition) is 2. The van der Waals surface area contributed by atoms with Crippen LogP contribution in [0.1, 0.15) is 104 Å². The van der Waals surface area contributed by atoms with Crippen molar-refractivity contribution in [3.8, 4) is 0 Å². The molecule has 22 heavy (non-hydrogen) atoms. The van der Waals surface area contributed by atoms with Gasteiger partial charge in [0.1, 0.15) is 5.78 Å². The number of carbonyl (C=O) groups excluding carboxylic acids is 1. The highest BCUT2D eigenvalue weighted by atomic mass is 16.4. The van der Waals surface area contributed by atoms with Gasteiger partial charge in [0, 0.05) is 12.8 Å². The molecule has 0 aromatic carbocycles. The zero-order chi connectivity index (χ0) is 16.6. The van der Waals surface area contributed by atoms with Crippen molar-refractivity contribution < 1.29 is 14.7 Å². The van der Waals surface area contributed by atoms with Gasteiger partial charge < -0.3 is 5.11 Å². The molecular weight excluding hydrogens is 276 g/mol. The minimum Gasteiger partial charge on any atom is -0.481 e. The van der Waals surface area contributed by atoms with Crippen LogP contribution in [0.5, 0.6) is 0 Å². The molecule has 0 rings (SSSR count). The average molecular weight is 312 g/mol. The van der Waals surface area contributed by atoms with E-state index >= 15 is 0 Å². The molecule has 0 radical (unpaired) electrons. The number of unbranched alkanes of at least 4 members (excludes halogenated alkanes) is 9. The molecule has 0 aromatic rings. The monoisotopic (exact) mass is 312 g/mol. The third-order valence-corrected chi connectivity index (χ3v) is 4.32. The SMILES string of the molecule is CCCCCCCCCCCCC(=O)CCCC(C)C(=O)O. The summed E-state index contributed by atoms with van der Waals surface area (Å²) in [6, 6.07) is 0. The van der Waals surface area contributed by atoms with Gasteiger partial charge in [-0.15, -0.1) is 0 Å². The van der Waals surface area contributed by atoms with Gasteiger partial charge in [-0.25, -0.2) is 0 Å². The van der Waals surface area contributed by atoms with E-state index in [-0.39, 0.29) is 5.92 Å². The Morgan fingerprint density at radius 2 is 1.23 bits per heavy atom. The van der Waals surface area contributed by atoms with E-state index in [4.69, 9.17) is 5.11 Å². The minimum absolute atomic E-state index is 0.303. The van der Waals surface area contributed by atoms with Crippen LogP contribution in [0.3, 0.4) is 0 Å². The summed E-state index contributed by atoms with van der Waals surface area (Å²) in [5, 5.41) is 8.77. The molecule has 0 aliphatic rings. The second-order valence-electron chi connectivity index (χ2n) is 6.60. The number of hydrogen-bond donors (Lipinski definition) is 1. The molecule has 0 aliphatic heterocycles. The van der Waals surface area contributed by atoms with E-state index in [0.717, 1.165) is 12.8 Å². The lowest BCUT2D eigenvalue weighted by atomic mass is 10.0. The van der Waals surface area contributed by atoms with Crippen LogP contribution in [0.25, 0.3) is 0 Å². The van der Waals surface area contributed by atoms with Crippen molar-refractivity contribution in [2.24, 2.45) is 5.92 Å². The van der Waals surface area contributed by atoms with E-state index in [9.17, 15) is 9.59 Å². The van der Waals surface area contributed by atoms with Crippen LogP contribution in [0.2, 0.25) is 0 Å². The highest BCUT2D eigenvalue weighted by Gasteiger charge is 2.11. The number of carboxylic acids is 1. The molecule has 1 atom stereocenters. The Morgan fingerprint density at radius 1 is 0.773 bits per heavy atom. The van der Waals surface area contributed by atoms with Crippen molar-refractivity contribution in [1.29, 1.82) is 0 Å². The van der Waals surface area contributed by atoms with Gasteiger partial charge in [-0.1, -0.05) is 71.6 Å². The molecule has 0 aromatic heterocycles. The van der Waals surface area contributed by atoms with Crippen LogP contribution in [0, 0.1) is 5.92 Å². The van der Waals surface area contributed by atoms with Crippen molar-refractivity contribution >= 4 is 11.8 Å². The van der Waals surface area contributed by atoms with E-state index in [1.807, 2.05) is 0 Å². The molecule has 3 nitrogen and oxygen atoms in total. The van der Waals surface area contributed by atoms with Gasteiger partial charge in [-0.2, -0.15) is 0 Å². The molecule has 0 aliphatic carbocycles. The lowest BCUT2D eigenvalue weighted by Gasteiger charge is -2.05. The van der Waals surface area contributed by atoms with Crippen molar-refractivity contribution in [2.75, 3.05) is 0 Å².